The molecular weight excluding hydrogens is 887 g/mol. The number of nitrogens with zero attached hydrogens (tertiary/aromatic N) is 1. The lowest BCUT2D eigenvalue weighted by Gasteiger charge is -2.19. The van der Waals surface area contributed by atoms with Gasteiger partial charge in [0.25, 0.3) is 0 Å². The van der Waals surface area contributed by atoms with E-state index in [1.807, 2.05) is 24.3 Å². The summed E-state index contributed by atoms with van der Waals surface area (Å²) in [7, 11) is 0. The molecule has 14 aromatic rings. The third kappa shape index (κ3) is 7.78. The second-order valence-corrected chi connectivity index (χ2v) is 19.5. The van der Waals surface area contributed by atoms with Crippen molar-refractivity contribution >= 4 is 65.7 Å². The third-order valence-corrected chi connectivity index (χ3v) is 15.2. The molecule has 346 valence electrons. The Morgan fingerprint density at radius 2 is 0.699 bits per heavy atom. The monoisotopic (exact) mass is 935 g/mol. The van der Waals surface area contributed by atoms with Crippen molar-refractivity contribution in [2.24, 2.45) is 0 Å². The summed E-state index contributed by atoms with van der Waals surface area (Å²) in [5, 5.41) is 7.13. The molecule has 3 heteroatoms. The molecular formula is C70H49NO2. The Morgan fingerprint density at radius 1 is 0.301 bits per heavy atom. The lowest BCUT2D eigenvalue weighted by atomic mass is 9.85. The van der Waals surface area contributed by atoms with Crippen LogP contribution in [0.1, 0.15) is 35.4 Å². The Hall–Kier alpha value is -9.18. The molecule has 0 spiro atoms. The summed E-state index contributed by atoms with van der Waals surface area (Å²) in [6, 6.07) is 92.7. The summed E-state index contributed by atoms with van der Waals surface area (Å²) in [6.07, 6.45) is 3.10. The van der Waals surface area contributed by atoms with Gasteiger partial charge in [0.05, 0.1) is 11.0 Å². The Kier molecular flexibility index (Phi) is 10.5. The third-order valence-electron chi connectivity index (χ3n) is 15.2. The Bertz CT molecular complexity index is 4150. The van der Waals surface area contributed by atoms with Gasteiger partial charge in [-0.2, -0.15) is 0 Å². The summed E-state index contributed by atoms with van der Waals surface area (Å²) in [4.78, 5) is 0. The molecule has 3 heterocycles. The lowest BCUT2D eigenvalue weighted by Crippen LogP contribution is -2.03. The van der Waals surface area contributed by atoms with E-state index in [2.05, 4.69) is 235 Å². The van der Waals surface area contributed by atoms with Gasteiger partial charge >= 0.3 is 0 Å². The molecule has 0 atom stereocenters. The number of para-hydroxylation sites is 4. The van der Waals surface area contributed by atoms with E-state index in [4.69, 9.17) is 8.83 Å². The second-order valence-electron chi connectivity index (χ2n) is 19.5. The minimum absolute atomic E-state index is 0.240. The van der Waals surface area contributed by atoms with E-state index in [1.54, 1.807) is 0 Å². The minimum Gasteiger partial charge on any atom is -0.456 e. The first-order chi connectivity index (χ1) is 36.1. The highest BCUT2D eigenvalue weighted by Crippen LogP contribution is 2.39. The maximum absolute atomic E-state index is 6.15. The molecule has 0 aliphatic carbocycles. The van der Waals surface area contributed by atoms with Crippen LogP contribution in [0.25, 0.3) is 116 Å². The number of furan rings is 2. The van der Waals surface area contributed by atoms with Crippen LogP contribution in [0.2, 0.25) is 0 Å². The Morgan fingerprint density at radius 3 is 1.26 bits per heavy atom. The van der Waals surface area contributed by atoms with Crippen LogP contribution in [0.15, 0.2) is 264 Å². The fraction of sp³-hybridized carbons (Fsp3) is 0.0571. The van der Waals surface area contributed by atoms with Crippen molar-refractivity contribution in [3.63, 3.8) is 0 Å². The van der Waals surface area contributed by atoms with E-state index >= 15 is 0 Å². The maximum atomic E-state index is 6.15. The van der Waals surface area contributed by atoms with Crippen LogP contribution in [-0.4, -0.2) is 4.57 Å². The number of fused-ring (bicyclic) bond motifs is 9. The number of benzene rings is 11. The SMILES string of the molecule is c1ccc(-n2c3ccccc3c3cc(-c4ccc(-c5ccc(CCCC(c6ccc(-c7ccc8oc9ccccc9c8c7)cc6)c6ccc(-c7ccc8oc9ccccc9c8c7)cc6)cc5)cc4)ccc32)cc1. The summed E-state index contributed by atoms with van der Waals surface area (Å²) >= 11 is 0. The molecule has 0 saturated heterocycles. The van der Waals surface area contributed by atoms with Crippen LogP contribution < -0.4 is 0 Å². The van der Waals surface area contributed by atoms with Crippen LogP contribution in [0.4, 0.5) is 0 Å². The van der Waals surface area contributed by atoms with Gasteiger partial charge in [0, 0.05) is 43.9 Å². The first-order valence-corrected chi connectivity index (χ1v) is 25.5. The topological polar surface area (TPSA) is 31.2 Å². The van der Waals surface area contributed by atoms with Gasteiger partial charge < -0.3 is 13.4 Å². The molecule has 3 nitrogen and oxygen atoms in total. The van der Waals surface area contributed by atoms with Crippen LogP contribution in [0.3, 0.4) is 0 Å². The van der Waals surface area contributed by atoms with E-state index in [0.717, 1.165) is 63.1 Å². The van der Waals surface area contributed by atoms with Crippen LogP contribution >= 0.6 is 0 Å². The average molecular weight is 936 g/mol. The molecule has 14 rings (SSSR count). The van der Waals surface area contributed by atoms with Crippen molar-refractivity contribution in [3.05, 3.63) is 271 Å². The predicted octanol–water partition coefficient (Wildman–Crippen LogP) is 19.4. The fourth-order valence-electron chi connectivity index (χ4n) is 11.4. The normalized spacial score (nSPS) is 11.8. The van der Waals surface area contributed by atoms with Crippen molar-refractivity contribution in [3.8, 4) is 50.2 Å². The highest BCUT2D eigenvalue weighted by atomic mass is 16.3. The highest BCUT2D eigenvalue weighted by Gasteiger charge is 2.18. The first kappa shape index (κ1) is 42.7. The van der Waals surface area contributed by atoms with Crippen molar-refractivity contribution in [1.82, 2.24) is 4.57 Å². The van der Waals surface area contributed by atoms with Gasteiger partial charge in [0.15, 0.2) is 0 Å². The first-order valence-electron chi connectivity index (χ1n) is 25.5. The van der Waals surface area contributed by atoms with Crippen LogP contribution in [0.5, 0.6) is 0 Å². The number of rotatable bonds is 11. The number of hydrogen-bond acceptors (Lipinski definition) is 2. The molecule has 73 heavy (non-hydrogen) atoms. The summed E-state index contributed by atoms with van der Waals surface area (Å²) in [6.45, 7) is 0. The van der Waals surface area contributed by atoms with Crippen LogP contribution in [-0.2, 0) is 6.42 Å². The summed E-state index contributed by atoms with van der Waals surface area (Å²) < 4.78 is 14.7. The van der Waals surface area contributed by atoms with E-state index in [-0.39, 0.29) is 5.92 Å². The zero-order valence-electron chi connectivity index (χ0n) is 40.2. The van der Waals surface area contributed by atoms with Crippen molar-refractivity contribution < 1.29 is 8.83 Å². The quantitative estimate of drug-likeness (QED) is 0.129. The Labute approximate surface area is 423 Å². The molecule has 0 N–H and O–H groups in total. The average Bonchev–Trinajstić information content (AvgIpc) is 4.14. The van der Waals surface area contributed by atoms with E-state index < -0.39 is 0 Å². The second kappa shape index (κ2) is 17.9. The van der Waals surface area contributed by atoms with Crippen molar-refractivity contribution in [1.29, 1.82) is 0 Å². The summed E-state index contributed by atoms with van der Waals surface area (Å²) in [5.41, 5.74) is 21.0. The number of aromatic nitrogens is 1. The van der Waals surface area contributed by atoms with Gasteiger partial charge in [-0.1, -0.05) is 188 Å². The van der Waals surface area contributed by atoms with E-state index in [9.17, 15) is 0 Å². The molecule has 0 aliphatic heterocycles. The van der Waals surface area contributed by atoms with Gasteiger partial charge in [-0.15, -0.1) is 0 Å². The minimum atomic E-state index is 0.240. The molecule has 0 radical (unpaired) electrons. The van der Waals surface area contributed by atoms with Crippen molar-refractivity contribution in [2.45, 2.75) is 25.2 Å². The largest absolute Gasteiger partial charge is 0.456 e. The van der Waals surface area contributed by atoms with E-state index in [1.165, 1.54) is 88.7 Å². The smallest absolute Gasteiger partial charge is 0.135 e. The standard InChI is InChI=1S/C70H49NO2/c1-2-12-57(13-3-1)71-65-18-7-4-14-59(65)62-43-54(37-40-66(62)71)49-27-25-48(26-28-49)47-23-21-46(22-24-47)11-10-17-58(52-33-29-50(30-34-52)55-38-41-69-63(44-55)60-15-5-8-19-67(60)72-69)53-35-31-51(32-36-53)56-39-42-70-64(45-56)61-16-6-9-20-68(61)73-70/h1-9,12-16,18-45,58H,10-11,17H2. The molecule has 0 saturated carbocycles. The molecule has 11 aromatic carbocycles. The molecule has 0 unspecified atom stereocenters. The maximum Gasteiger partial charge on any atom is 0.135 e. The molecule has 0 fully saturated rings. The van der Waals surface area contributed by atoms with Gasteiger partial charge in [0.1, 0.15) is 22.3 Å². The fourth-order valence-corrected chi connectivity index (χ4v) is 11.4. The number of aryl methyl sites for hydroxylation is 1. The zero-order valence-corrected chi connectivity index (χ0v) is 40.2. The van der Waals surface area contributed by atoms with Crippen LogP contribution in [0, 0.1) is 0 Å². The molecule has 0 bridgehead atoms. The van der Waals surface area contributed by atoms with Gasteiger partial charge in [-0.3, -0.25) is 0 Å². The number of hydrogen-bond donors (Lipinski definition) is 0. The molecule has 0 aliphatic rings. The highest BCUT2D eigenvalue weighted by molar-refractivity contribution is 6.11. The Balaban J connectivity index is 0.707. The van der Waals surface area contributed by atoms with Gasteiger partial charge in [-0.05, 0) is 147 Å². The summed E-state index contributed by atoms with van der Waals surface area (Å²) in [5.74, 6) is 0.240. The zero-order chi connectivity index (χ0) is 48.2. The molecule has 3 aromatic heterocycles. The van der Waals surface area contributed by atoms with Crippen molar-refractivity contribution in [2.75, 3.05) is 0 Å². The predicted molar refractivity (Wildman–Crippen MR) is 305 cm³/mol. The van der Waals surface area contributed by atoms with Gasteiger partial charge in [0.2, 0.25) is 0 Å². The van der Waals surface area contributed by atoms with E-state index in [0.29, 0.717) is 0 Å². The lowest BCUT2D eigenvalue weighted by molar-refractivity contribution is 0.661. The molecule has 0 amide bonds. The van der Waals surface area contributed by atoms with Gasteiger partial charge in [-0.25, -0.2) is 0 Å².